The molecule has 0 atom stereocenters. The maximum atomic E-state index is 4.64. The summed E-state index contributed by atoms with van der Waals surface area (Å²) in [6.45, 7) is 2.99. The number of likely N-dealkylation sites (N-methyl/N-ethyl adjacent to an activating group) is 1. The van der Waals surface area contributed by atoms with Crippen molar-refractivity contribution < 1.29 is 0 Å². The Kier molecular flexibility index (Phi) is 3.72. The molecule has 21 heavy (non-hydrogen) atoms. The minimum Gasteiger partial charge on any atom is -0.353 e. The van der Waals surface area contributed by atoms with Gasteiger partial charge in [-0.2, -0.15) is 0 Å². The van der Waals surface area contributed by atoms with Crippen molar-refractivity contribution >= 4 is 5.95 Å². The van der Waals surface area contributed by atoms with Gasteiger partial charge in [0.15, 0.2) is 0 Å². The van der Waals surface area contributed by atoms with Gasteiger partial charge < -0.3 is 10.2 Å². The molecule has 1 aromatic heterocycles. The lowest BCUT2D eigenvalue weighted by Crippen LogP contribution is -2.54. The van der Waals surface area contributed by atoms with Crippen LogP contribution >= 0.6 is 0 Å². The van der Waals surface area contributed by atoms with E-state index in [1.165, 1.54) is 19.3 Å². The van der Waals surface area contributed by atoms with Crippen molar-refractivity contribution in [1.82, 2.24) is 14.5 Å². The van der Waals surface area contributed by atoms with Crippen molar-refractivity contribution in [3.8, 4) is 5.69 Å². The molecule has 2 aromatic rings. The second kappa shape index (κ2) is 5.53. The van der Waals surface area contributed by atoms with E-state index in [0.29, 0.717) is 5.54 Å². The predicted octanol–water partition coefficient (Wildman–Crippen LogP) is 3.08. The lowest BCUT2D eigenvalue weighted by atomic mass is 9.75. The van der Waals surface area contributed by atoms with E-state index in [-0.39, 0.29) is 0 Å². The van der Waals surface area contributed by atoms with E-state index in [2.05, 4.69) is 64.3 Å². The van der Waals surface area contributed by atoms with Gasteiger partial charge in [-0.3, -0.25) is 4.57 Å². The molecular formula is C17H24N4. The number of hydrogen-bond acceptors (Lipinski definition) is 3. The van der Waals surface area contributed by atoms with Crippen LogP contribution < -0.4 is 5.32 Å². The molecule has 1 aliphatic carbocycles. The zero-order valence-corrected chi connectivity index (χ0v) is 13.1. The molecule has 0 spiro atoms. The molecule has 0 bridgehead atoms. The Morgan fingerprint density at radius 2 is 1.95 bits per heavy atom. The van der Waals surface area contributed by atoms with Crippen LogP contribution in [0.25, 0.3) is 5.69 Å². The fourth-order valence-corrected chi connectivity index (χ4v) is 3.02. The normalized spacial score (nSPS) is 16.8. The van der Waals surface area contributed by atoms with E-state index in [1.807, 2.05) is 13.0 Å². The molecule has 112 valence electrons. The van der Waals surface area contributed by atoms with E-state index < -0.39 is 0 Å². The Hall–Kier alpha value is -1.81. The van der Waals surface area contributed by atoms with Crippen LogP contribution in [0.15, 0.2) is 36.5 Å². The monoisotopic (exact) mass is 284 g/mol. The molecule has 0 saturated heterocycles. The van der Waals surface area contributed by atoms with Crippen molar-refractivity contribution in [1.29, 1.82) is 0 Å². The number of benzene rings is 1. The van der Waals surface area contributed by atoms with Crippen LogP contribution in [-0.4, -0.2) is 40.6 Å². The highest BCUT2D eigenvalue weighted by atomic mass is 15.2. The van der Waals surface area contributed by atoms with Crippen molar-refractivity contribution in [3.05, 3.63) is 42.2 Å². The van der Waals surface area contributed by atoms with E-state index in [0.717, 1.165) is 23.9 Å². The summed E-state index contributed by atoms with van der Waals surface area (Å²) in [7, 11) is 4.35. The zero-order valence-electron chi connectivity index (χ0n) is 13.1. The minimum absolute atomic E-state index is 0.293. The Morgan fingerprint density at radius 1 is 1.24 bits per heavy atom. The standard InChI is InChI=1S/C17H24N4/c1-14-12-21(15-8-5-4-6-9-15)16(19-14)18-13-17(20(2)3)10-7-11-17/h4-6,8-9,12H,7,10-11,13H2,1-3H3,(H,18,19). The molecule has 0 amide bonds. The number of nitrogens with zero attached hydrogens (tertiary/aromatic N) is 3. The van der Waals surface area contributed by atoms with Gasteiger partial charge in [-0.25, -0.2) is 4.98 Å². The van der Waals surface area contributed by atoms with Crippen molar-refractivity contribution in [2.45, 2.75) is 31.7 Å². The number of imidazole rings is 1. The summed E-state index contributed by atoms with van der Waals surface area (Å²) in [6.07, 6.45) is 5.93. The van der Waals surface area contributed by atoms with Gasteiger partial charge in [0.25, 0.3) is 0 Å². The summed E-state index contributed by atoms with van der Waals surface area (Å²) in [5, 5.41) is 3.57. The molecule has 1 saturated carbocycles. The first-order chi connectivity index (χ1) is 10.1. The van der Waals surface area contributed by atoms with Gasteiger partial charge in [-0.1, -0.05) is 18.2 Å². The molecule has 1 heterocycles. The highest BCUT2D eigenvalue weighted by Crippen LogP contribution is 2.36. The lowest BCUT2D eigenvalue weighted by molar-refractivity contribution is 0.0737. The first kappa shape index (κ1) is 14.1. The quantitative estimate of drug-likeness (QED) is 0.916. The second-order valence-electron chi connectivity index (χ2n) is 6.24. The van der Waals surface area contributed by atoms with Crippen LogP contribution in [0.1, 0.15) is 25.0 Å². The average Bonchev–Trinajstić information content (AvgIpc) is 2.79. The van der Waals surface area contributed by atoms with Crippen LogP contribution in [0.3, 0.4) is 0 Å². The van der Waals surface area contributed by atoms with Crippen molar-refractivity contribution in [2.75, 3.05) is 26.0 Å². The number of rotatable bonds is 5. The van der Waals surface area contributed by atoms with E-state index in [9.17, 15) is 0 Å². The predicted molar refractivity (Wildman–Crippen MR) is 87.1 cm³/mol. The van der Waals surface area contributed by atoms with Crippen LogP contribution in [0.5, 0.6) is 0 Å². The number of aromatic nitrogens is 2. The Labute approximate surface area is 126 Å². The summed E-state index contributed by atoms with van der Waals surface area (Å²) in [5.41, 5.74) is 2.48. The number of hydrogen-bond donors (Lipinski definition) is 1. The number of anilines is 1. The number of nitrogens with one attached hydrogen (secondary N) is 1. The average molecular weight is 284 g/mol. The highest BCUT2D eigenvalue weighted by molar-refractivity contribution is 5.43. The number of para-hydroxylation sites is 1. The minimum atomic E-state index is 0.293. The summed E-state index contributed by atoms with van der Waals surface area (Å²) < 4.78 is 2.14. The fraction of sp³-hybridized carbons (Fsp3) is 0.471. The van der Waals surface area contributed by atoms with Crippen LogP contribution in [-0.2, 0) is 0 Å². The van der Waals surface area contributed by atoms with Gasteiger partial charge in [-0.15, -0.1) is 0 Å². The molecular weight excluding hydrogens is 260 g/mol. The fourth-order valence-electron chi connectivity index (χ4n) is 3.02. The van der Waals surface area contributed by atoms with Gasteiger partial charge in [-0.05, 0) is 52.4 Å². The number of aryl methyl sites for hydroxylation is 1. The zero-order chi connectivity index (χ0) is 14.9. The van der Waals surface area contributed by atoms with Gasteiger partial charge in [0, 0.05) is 24.0 Å². The van der Waals surface area contributed by atoms with Gasteiger partial charge >= 0.3 is 0 Å². The topological polar surface area (TPSA) is 33.1 Å². The first-order valence-electron chi connectivity index (χ1n) is 7.63. The summed E-state index contributed by atoms with van der Waals surface area (Å²) >= 11 is 0. The smallest absolute Gasteiger partial charge is 0.207 e. The molecule has 1 aliphatic rings. The largest absolute Gasteiger partial charge is 0.353 e. The summed E-state index contributed by atoms with van der Waals surface area (Å²) in [5.74, 6) is 0.937. The molecule has 1 fully saturated rings. The van der Waals surface area contributed by atoms with Crippen molar-refractivity contribution in [3.63, 3.8) is 0 Å². The maximum absolute atomic E-state index is 4.64. The Morgan fingerprint density at radius 3 is 2.52 bits per heavy atom. The van der Waals surface area contributed by atoms with Crippen LogP contribution in [0, 0.1) is 6.92 Å². The van der Waals surface area contributed by atoms with Gasteiger partial charge in [0.05, 0.1) is 5.69 Å². The molecule has 0 aliphatic heterocycles. The van der Waals surface area contributed by atoms with Gasteiger partial charge in [0.1, 0.15) is 0 Å². The Balaban J connectivity index is 1.80. The first-order valence-corrected chi connectivity index (χ1v) is 7.63. The third-order valence-corrected chi connectivity index (χ3v) is 4.67. The molecule has 0 radical (unpaired) electrons. The van der Waals surface area contributed by atoms with E-state index >= 15 is 0 Å². The molecule has 1 N–H and O–H groups in total. The summed E-state index contributed by atoms with van der Waals surface area (Å²) in [6, 6.07) is 10.4. The molecule has 0 unspecified atom stereocenters. The van der Waals surface area contributed by atoms with Crippen LogP contribution in [0.4, 0.5) is 5.95 Å². The van der Waals surface area contributed by atoms with E-state index in [4.69, 9.17) is 0 Å². The van der Waals surface area contributed by atoms with Gasteiger partial charge in [0.2, 0.25) is 5.95 Å². The molecule has 1 aromatic carbocycles. The third-order valence-electron chi connectivity index (χ3n) is 4.67. The second-order valence-corrected chi connectivity index (χ2v) is 6.24. The maximum Gasteiger partial charge on any atom is 0.207 e. The lowest BCUT2D eigenvalue weighted by Gasteiger charge is -2.47. The Bertz CT molecular complexity index is 597. The molecule has 4 nitrogen and oxygen atoms in total. The SMILES string of the molecule is Cc1cn(-c2ccccc2)c(NCC2(N(C)C)CCC2)n1. The highest BCUT2D eigenvalue weighted by Gasteiger charge is 2.39. The molecule has 3 rings (SSSR count). The van der Waals surface area contributed by atoms with Crippen LogP contribution in [0.2, 0.25) is 0 Å². The van der Waals surface area contributed by atoms with Crippen molar-refractivity contribution in [2.24, 2.45) is 0 Å². The molecule has 4 heteroatoms. The van der Waals surface area contributed by atoms with E-state index in [1.54, 1.807) is 0 Å². The summed E-state index contributed by atoms with van der Waals surface area (Å²) in [4.78, 5) is 6.99. The third kappa shape index (κ3) is 2.68.